The maximum absolute atomic E-state index is 12.8. The summed E-state index contributed by atoms with van der Waals surface area (Å²) in [6, 6.07) is 0.785. The number of carbonyl (C=O) groups excluding carboxylic acids is 1. The van der Waals surface area contributed by atoms with Crippen LogP contribution in [0.25, 0.3) is 0 Å². The number of hydrogen-bond donors (Lipinski definition) is 1. The molecule has 1 saturated heterocycles. The van der Waals surface area contributed by atoms with Crippen LogP contribution in [-0.2, 0) is 12.4 Å². The molecule has 2 N–H and O–H groups in total. The monoisotopic (exact) mass is 340 g/mol. The van der Waals surface area contributed by atoms with Gasteiger partial charge in [-0.25, -0.2) is 0 Å². The van der Waals surface area contributed by atoms with E-state index in [2.05, 4.69) is 0 Å². The van der Waals surface area contributed by atoms with Crippen LogP contribution in [0.3, 0.4) is 0 Å². The SMILES string of the molecule is NC1CCN(C(=O)c2cc(C(F)(F)F)cc(C(F)(F)F)c2)CC1. The van der Waals surface area contributed by atoms with Gasteiger partial charge >= 0.3 is 12.4 Å². The van der Waals surface area contributed by atoms with E-state index >= 15 is 0 Å². The van der Waals surface area contributed by atoms with Crippen LogP contribution in [0.15, 0.2) is 18.2 Å². The quantitative estimate of drug-likeness (QED) is 0.798. The highest BCUT2D eigenvalue weighted by atomic mass is 19.4. The molecule has 128 valence electrons. The number of amides is 1. The van der Waals surface area contributed by atoms with Crippen molar-refractivity contribution in [3.05, 3.63) is 34.9 Å². The summed E-state index contributed by atoms with van der Waals surface area (Å²) in [5.41, 5.74) is 2.05. The molecule has 0 aromatic heterocycles. The van der Waals surface area contributed by atoms with E-state index in [1.165, 1.54) is 4.90 Å². The lowest BCUT2D eigenvalue weighted by Crippen LogP contribution is -2.43. The first-order valence-electron chi connectivity index (χ1n) is 6.83. The molecule has 2 rings (SSSR count). The van der Waals surface area contributed by atoms with Gasteiger partial charge in [0.2, 0.25) is 0 Å². The van der Waals surface area contributed by atoms with Crippen LogP contribution in [-0.4, -0.2) is 29.9 Å². The molecule has 0 radical (unpaired) electrons. The zero-order chi connectivity index (χ0) is 17.4. The van der Waals surface area contributed by atoms with Crippen LogP contribution >= 0.6 is 0 Å². The molecule has 1 aliphatic heterocycles. The molecule has 0 aliphatic carbocycles. The highest BCUT2D eigenvalue weighted by Gasteiger charge is 2.38. The Hall–Kier alpha value is -1.77. The van der Waals surface area contributed by atoms with Crippen molar-refractivity contribution >= 4 is 5.91 Å². The topological polar surface area (TPSA) is 46.3 Å². The van der Waals surface area contributed by atoms with Crippen LogP contribution < -0.4 is 5.73 Å². The molecule has 1 fully saturated rings. The van der Waals surface area contributed by atoms with E-state index in [0.717, 1.165) is 0 Å². The van der Waals surface area contributed by atoms with Gasteiger partial charge in [-0.15, -0.1) is 0 Å². The van der Waals surface area contributed by atoms with E-state index in [0.29, 0.717) is 25.0 Å². The van der Waals surface area contributed by atoms with Gasteiger partial charge in [-0.2, -0.15) is 26.3 Å². The van der Waals surface area contributed by atoms with Crippen molar-refractivity contribution in [3.8, 4) is 0 Å². The number of likely N-dealkylation sites (tertiary alicyclic amines) is 1. The summed E-state index contributed by atoms with van der Waals surface area (Å²) >= 11 is 0. The maximum Gasteiger partial charge on any atom is 0.416 e. The largest absolute Gasteiger partial charge is 0.416 e. The number of hydrogen-bond acceptors (Lipinski definition) is 2. The minimum Gasteiger partial charge on any atom is -0.339 e. The molecule has 1 heterocycles. The van der Waals surface area contributed by atoms with Gasteiger partial charge in [0.15, 0.2) is 0 Å². The molecule has 0 saturated carbocycles. The van der Waals surface area contributed by atoms with Gasteiger partial charge in [0.05, 0.1) is 11.1 Å². The molecule has 1 amide bonds. The first-order valence-corrected chi connectivity index (χ1v) is 6.83. The molecular formula is C14H14F6N2O. The van der Waals surface area contributed by atoms with Crippen molar-refractivity contribution in [1.29, 1.82) is 0 Å². The third kappa shape index (κ3) is 4.15. The Labute approximate surface area is 128 Å². The second kappa shape index (κ2) is 6.03. The second-order valence-electron chi connectivity index (χ2n) is 5.42. The third-order valence-corrected chi connectivity index (χ3v) is 3.66. The second-order valence-corrected chi connectivity index (χ2v) is 5.42. The Kier molecular flexibility index (Phi) is 4.61. The normalized spacial score (nSPS) is 17.4. The molecule has 1 aromatic rings. The van der Waals surface area contributed by atoms with E-state index in [-0.39, 0.29) is 25.2 Å². The molecule has 0 bridgehead atoms. The predicted molar refractivity (Wildman–Crippen MR) is 69.6 cm³/mol. The summed E-state index contributed by atoms with van der Waals surface area (Å²) in [5, 5.41) is 0. The Bertz CT molecular complexity index is 556. The smallest absolute Gasteiger partial charge is 0.339 e. The van der Waals surface area contributed by atoms with E-state index in [9.17, 15) is 31.1 Å². The van der Waals surface area contributed by atoms with Crippen molar-refractivity contribution in [1.82, 2.24) is 4.90 Å². The van der Waals surface area contributed by atoms with E-state index in [1.807, 2.05) is 0 Å². The minimum absolute atomic E-state index is 0.00287. The summed E-state index contributed by atoms with van der Waals surface area (Å²) in [5.74, 6) is -0.853. The van der Waals surface area contributed by atoms with Crippen molar-refractivity contribution in [2.45, 2.75) is 31.2 Å². The Morgan fingerprint density at radius 1 is 0.957 bits per heavy atom. The molecule has 9 heteroatoms. The van der Waals surface area contributed by atoms with Crippen LogP contribution in [0.1, 0.15) is 34.3 Å². The lowest BCUT2D eigenvalue weighted by molar-refractivity contribution is -0.143. The number of nitrogens with zero attached hydrogens (tertiary/aromatic N) is 1. The Morgan fingerprint density at radius 3 is 1.78 bits per heavy atom. The fraction of sp³-hybridized carbons (Fsp3) is 0.500. The third-order valence-electron chi connectivity index (χ3n) is 3.66. The highest BCUT2D eigenvalue weighted by molar-refractivity contribution is 5.94. The number of carbonyl (C=O) groups is 1. The molecule has 1 aromatic carbocycles. The van der Waals surface area contributed by atoms with Crippen LogP contribution in [0, 0.1) is 0 Å². The van der Waals surface area contributed by atoms with Gasteiger partial charge in [0.1, 0.15) is 0 Å². The molecule has 0 spiro atoms. The van der Waals surface area contributed by atoms with Gasteiger partial charge < -0.3 is 10.6 Å². The zero-order valence-corrected chi connectivity index (χ0v) is 11.8. The van der Waals surface area contributed by atoms with Crippen molar-refractivity contribution < 1.29 is 31.1 Å². The fourth-order valence-electron chi connectivity index (χ4n) is 2.36. The molecule has 0 atom stereocenters. The Morgan fingerprint density at radius 2 is 1.39 bits per heavy atom. The minimum atomic E-state index is -4.97. The van der Waals surface area contributed by atoms with Crippen LogP contribution in [0.4, 0.5) is 26.3 Å². The van der Waals surface area contributed by atoms with Gasteiger partial charge in [-0.1, -0.05) is 0 Å². The summed E-state index contributed by atoms with van der Waals surface area (Å²) < 4.78 is 76.7. The summed E-state index contributed by atoms with van der Waals surface area (Å²) in [6.07, 6.45) is -9.03. The van der Waals surface area contributed by atoms with Gasteiger partial charge in [-0.3, -0.25) is 4.79 Å². The predicted octanol–water partition coefficient (Wildman–Crippen LogP) is 3.29. The summed E-state index contributed by atoms with van der Waals surface area (Å²) in [4.78, 5) is 13.4. The molecular weight excluding hydrogens is 326 g/mol. The first kappa shape index (κ1) is 17.6. The maximum atomic E-state index is 12.8. The first-order chi connectivity index (χ1) is 10.5. The molecule has 0 unspecified atom stereocenters. The van der Waals surface area contributed by atoms with Crippen LogP contribution in [0.2, 0.25) is 0 Å². The number of alkyl halides is 6. The highest BCUT2D eigenvalue weighted by Crippen LogP contribution is 2.36. The molecule has 1 aliphatic rings. The molecule has 23 heavy (non-hydrogen) atoms. The van der Waals surface area contributed by atoms with Crippen molar-refractivity contribution in [3.63, 3.8) is 0 Å². The average Bonchev–Trinajstić information content (AvgIpc) is 2.45. The number of halogens is 6. The van der Waals surface area contributed by atoms with Gasteiger partial charge in [0.25, 0.3) is 5.91 Å². The van der Waals surface area contributed by atoms with Crippen LogP contribution in [0.5, 0.6) is 0 Å². The van der Waals surface area contributed by atoms with E-state index < -0.39 is 35.0 Å². The number of rotatable bonds is 1. The Balaban J connectivity index is 2.39. The van der Waals surface area contributed by atoms with E-state index in [4.69, 9.17) is 5.73 Å². The number of nitrogens with two attached hydrogens (primary N) is 1. The van der Waals surface area contributed by atoms with E-state index in [1.54, 1.807) is 0 Å². The van der Waals surface area contributed by atoms with Gasteiger partial charge in [0, 0.05) is 24.7 Å². The summed E-state index contributed by atoms with van der Waals surface area (Å²) in [7, 11) is 0. The van der Waals surface area contributed by atoms with Crippen molar-refractivity contribution in [2.75, 3.05) is 13.1 Å². The van der Waals surface area contributed by atoms with Crippen molar-refractivity contribution in [2.24, 2.45) is 5.73 Å². The standard InChI is InChI=1S/C14H14F6N2O/c15-13(16,17)9-5-8(6-10(7-9)14(18,19)20)12(23)22-3-1-11(21)2-4-22/h5-7,11H,1-4,21H2. The number of piperidine rings is 1. The number of benzene rings is 1. The molecule has 3 nitrogen and oxygen atoms in total. The fourth-order valence-corrected chi connectivity index (χ4v) is 2.36. The lowest BCUT2D eigenvalue weighted by Gasteiger charge is -2.30. The zero-order valence-electron chi connectivity index (χ0n) is 11.8. The average molecular weight is 340 g/mol. The summed E-state index contributed by atoms with van der Waals surface area (Å²) in [6.45, 7) is 0.412. The lowest BCUT2D eigenvalue weighted by atomic mass is 10.0. The van der Waals surface area contributed by atoms with Gasteiger partial charge in [-0.05, 0) is 31.0 Å².